The number of nitrogens with zero attached hydrogens (tertiary/aromatic N) is 1. The lowest BCUT2D eigenvalue weighted by Crippen LogP contribution is -1.99. The van der Waals surface area contributed by atoms with Crippen LogP contribution in [0.3, 0.4) is 0 Å². The number of hydrogen-bond donors (Lipinski definition) is 1. The average Bonchev–Trinajstić information content (AvgIpc) is 2.17. The van der Waals surface area contributed by atoms with Crippen molar-refractivity contribution in [2.45, 2.75) is 0 Å². The minimum Gasteiger partial charge on any atom is -0.496 e. The molecule has 1 amide bonds. The van der Waals surface area contributed by atoms with Gasteiger partial charge in [0.05, 0.1) is 14.2 Å². The van der Waals surface area contributed by atoms with Crippen molar-refractivity contribution in [1.29, 1.82) is 0 Å². The molecule has 1 aromatic heterocycles. The summed E-state index contributed by atoms with van der Waals surface area (Å²) >= 11 is 0. The molecule has 5 nitrogen and oxygen atoms in total. The van der Waals surface area contributed by atoms with Crippen molar-refractivity contribution in [2.75, 3.05) is 19.5 Å². The van der Waals surface area contributed by atoms with E-state index in [2.05, 4.69) is 10.3 Å². The molecule has 1 heterocycles. The molecule has 1 N–H and O–H groups in total. The summed E-state index contributed by atoms with van der Waals surface area (Å²) in [4.78, 5) is 13.9. The highest BCUT2D eigenvalue weighted by Gasteiger charge is 2.02. The number of methoxy groups -OCH3 is 2. The van der Waals surface area contributed by atoms with E-state index < -0.39 is 0 Å². The topological polar surface area (TPSA) is 60.5 Å². The lowest BCUT2D eigenvalue weighted by molar-refractivity contribution is 0.383. The molecular formula is C8H9N2O3. The second kappa shape index (κ2) is 4.30. The number of nitrogens with one attached hydrogen (secondary N) is 1. The van der Waals surface area contributed by atoms with E-state index in [0.29, 0.717) is 17.4 Å². The van der Waals surface area contributed by atoms with E-state index in [1.165, 1.54) is 20.6 Å². The van der Waals surface area contributed by atoms with Crippen LogP contribution in [0.5, 0.6) is 11.6 Å². The van der Waals surface area contributed by atoms with Gasteiger partial charge in [0.15, 0.2) is 0 Å². The number of rotatable bonds is 4. The Morgan fingerprint density at radius 1 is 1.38 bits per heavy atom. The van der Waals surface area contributed by atoms with Crippen molar-refractivity contribution in [3.05, 3.63) is 12.1 Å². The van der Waals surface area contributed by atoms with Gasteiger partial charge in [0.2, 0.25) is 5.88 Å². The van der Waals surface area contributed by atoms with Crippen LogP contribution in [0.4, 0.5) is 5.82 Å². The first-order valence-corrected chi connectivity index (χ1v) is 3.53. The Hall–Kier alpha value is -1.78. The molecule has 0 bridgehead atoms. The predicted molar refractivity (Wildman–Crippen MR) is 46.7 cm³/mol. The quantitative estimate of drug-likeness (QED) is 0.690. The molecule has 1 radical (unpaired) electrons. The Labute approximate surface area is 75.7 Å². The maximum atomic E-state index is 10.0. The van der Waals surface area contributed by atoms with Crippen molar-refractivity contribution in [2.24, 2.45) is 0 Å². The van der Waals surface area contributed by atoms with Gasteiger partial charge in [-0.1, -0.05) is 0 Å². The molecule has 0 aliphatic heterocycles. The zero-order valence-corrected chi connectivity index (χ0v) is 7.33. The maximum Gasteiger partial charge on any atom is 0.315 e. The maximum absolute atomic E-state index is 10.0. The van der Waals surface area contributed by atoms with Crippen LogP contribution in [-0.2, 0) is 4.79 Å². The molecule has 0 atom stereocenters. The smallest absolute Gasteiger partial charge is 0.315 e. The van der Waals surface area contributed by atoms with E-state index in [0.717, 1.165) is 0 Å². The van der Waals surface area contributed by atoms with Gasteiger partial charge in [0, 0.05) is 12.1 Å². The number of pyridine rings is 1. The van der Waals surface area contributed by atoms with E-state index in [9.17, 15) is 4.79 Å². The van der Waals surface area contributed by atoms with Gasteiger partial charge in [0.25, 0.3) is 0 Å². The minimum absolute atomic E-state index is 0.339. The summed E-state index contributed by atoms with van der Waals surface area (Å²) < 4.78 is 9.84. The van der Waals surface area contributed by atoms with E-state index in [4.69, 9.17) is 9.47 Å². The summed E-state index contributed by atoms with van der Waals surface area (Å²) in [6.07, 6.45) is 1.51. The second-order valence-electron chi connectivity index (χ2n) is 2.16. The van der Waals surface area contributed by atoms with Crippen LogP contribution < -0.4 is 14.8 Å². The van der Waals surface area contributed by atoms with Gasteiger partial charge in [-0.15, -0.1) is 0 Å². The monoisotopic (exact) mass is 181 g/mol. The first-order valence-electron chi connectivity index (χ1n) is 3.53. The highest BCUT2D eigenvalue weighted by molar-refractivity contribution is 5.70. The zero-order valence-electron chi connectivity index (χ0n) is 7.33. The zero-order chi connectivity index (χ0) is 9.68. The number of amides is 1. The third-order valence-electron chi connectivity index (χ3n) is 1.40. The molecule has 5 heteroatoms. The third-order valence-corrected chi connectivity index (χ3v) is 1.40. The lowest BCUT2D eigenvalue weighted by atomic mass is 10.4. The summed E-state index contributed by atoms with van der Waals surface area (Å²) in [5.41, 5.74) is 0. The van der Waals surface area contributed by atoms with Crippen LogP contribution in [0.15, 0.2) is 12.1 Å². The van der Waals surface area contributed by atoms with Crippen molar-refractivity contribution in [3.63, 3.8) is 0 Å². The number of carbonyl (C=O) groups excluding carboxylic acids is 1. The van der Waals surface area contributed by atoms with Crippen LogP contribution in [0.2, 0.25) is 0 Å². The van der Waals surface area contributed by atoms with Gasteiger partial charge >= 0.3 is 6.41 Å². The van der Waals surface area contributed by atoms with Gasteiger partial charge < -0.3 is 14.8 Å². The predicted octanol–water partition coefficient (Wildman–Crippen LogP) is 0.578. The van der Waals surface area contributed by atoms with Crippen LogP contribution in [0.1, 0.15) is 0 Å². The molecule has 0 aliphatic carbocycles. The Kier molecular flexibility index (Phi) is 3.08. The molecule has 0 spiro atoms. The van der Waals surface area contributed by atoms with Crippen molar-refractivity contribution in [3.8, 4) is 11.6 Å². The van der Waals surface area contributed by atoms with Crippen LogP contribution in [-0.4, -0.2) is 25.6 Å². The SMILES string of the molecule is COc1cc(N[C]=O)nc(OC)c1. The molecule has 69 valence electrons. The summed E-state index contributed by atoms with van der Waals surface area (Å²) in [5, 5.41) is 2.28. The van der Waals surface area contributed by atoms with Gasteiger partial charge in [0.1, 0.15) is 11.6 Å². The Morgan fingerprint density at radius 2 is 2.15 bits per heavy atom. The first-order chi connectivity index (χ1) is 6.30. The molecule has 0 aliphatic rings. The summed E-state index contributed by atoms with van der Waals surface area (Å²) in [6, 6.07) is 3.17. The highest BCUT2D eigenvalue weighted by atomic mass is 16.5. The molecule has 1 aromatic rings. The Balaban J connectivity index is 2.99. The van der Waals surface area contributed by atoms with E-state index >= 15 is 0 Å². The second-order valence-corrected chi connectivity index (χ2v) is 2.16. The highest BCUT2D eigenvalue weighted by Crippen LogP contribution is 2.20. The lowest BCUT2D eigenvalue weighted by Gasteiger charge is -2.05. The van der Waals surface area contributed by atoms with E-state index in [-0.39, 0.29) is 0 Å². The molecular weight excluding hydrogens is 172 g/mol. The van der Waals surface area contributed by atoms with Crippen LogP contribution in [0, 0.1) is 0 Å². The number of anilines is 1. The van der Waals surface area contributed by atoms with Gasteiger partial charge in [-0.2, -0.15) is 4.98 Å². The molecule has 0 saturated heterocycles. The number of ether oxygens (including phenoxy) is 2. The fourth-order valence-electron chi connectivity index (χ4n) is 0.820. The fourth-order valence-corrected chi connectivity index (χ4v) is 0.820. The number of hydrogen-bond acceptors (Lipinski definition) is 4. The van der Waals surface area contributed by atoms with Gasteiger partial charge in [-0.05, 0) is 0 Å². The van der Waals surface area contributed by atoms with Gasteiger partial charge in [-0.3, -0.25) is 4.79 Å². The van der Waals surface area contributed by atoms with E-state index in [1.807, 2.05) is 0 Å². The molecule has 0 fully saturated rings. The van der Waals surface area contributed by atoms with Crippen LogP contribution in [0.25, 0.3) is 0 Å². The summed E-state index contributed by atoms with van der Waals surface area (Å²) in [6.45, 7) is 0. The molecule has 1 rings (SSSR count). The largest absolute Gasteiger partial charge is 0.496 e. The van der Waals surface area contributed by atoms with E-state index in [1.54, 1.807) is 12.1 Å². The minimum atomic E-state index is 0.339. The van der Waals surface area contributed by atoms with Crippen LogP contribution >= 0.6 is 0 Å². The fraction of sp³-hybridized carbons (Fsp3) is 0.250. The Bertz CT molecular complexity index is 279. The Morgan fingerprint density at radius 3 is 2.69 bits per heavy atom. The molecule has 0 aromatic carbocycles. The summed E-state index contributed by atoms with van der Waals surface area (Å²) in [5.74, 6) is 1.27. The average molecular weight is 181 g/mol. The van der Waals surface area contributed by atoms with Crippen molar-refractivity contribution < 1.29 is 14.3 Å². The summed E-state index contributed by atoms with van der Waals surface area (Å²) in [7, 11) is 3.00. The number of aromatic nitrogens is 1. The third kappa shape index (κ3) is 2.33. The van der Waals surface area contributed by atoms with Gasteiger partial charge in [-0.25, -0.2) is 0 Å². The van der Waals surface area contributed by atoms with Crippen molar-refractivity contribution >= 4 is 12.2 Å². The first kappa shape index (κ1) is 9.31. The molecule has 0 saturated carbocycles. The molecule has 0 unspecified atom stereocenters. The van der Waals surface area contributed by atoms with Crippen molar-refractivity contribution in [1.82, 2.24) is 4.98 Å². The molecule has 13 heavy (non-hydrogen) atoms. The standard InChI is InChI=1S/C8H9N2O3/c1-12-6-3-7(9-5-11)10-8(4-6)13-2/h3-4H,1-2H3,(H,9,10,11). The normalized spacial score (nSPS) is 9.08.